The van der Waals surface area contributed by atoms with Gasteiger partial charge in [0.15, 0.2) is 11.9 Å². The minimum atomic E-state index is -1.49. The second kappa shape index (κ2) is 5.07. The van der Waals surface area contributed by atoms with Crippen molar-refractivity contribution in [2.45, 2.75) is 30.5 Å². The van der Waals surface area contributed by atoms with Crippen LogP contribution in [0.3, 0.4) is 0 Å². The molecule has 0 bridgehead atoms. The first-order valence-corrected chi connectivity index (χ1v) is 4.77. The van der Waals surface area contributed by atoms with Crippen LogP contribution >= 0.6 is 0 Å². The van der Waals surface area contributed by atoms with Gasteiger partial charge in [-0.1, -0.05) is 0 Å². The van der Waals surface area contributed by atoms with Crippen LogP contribution in [0.1, 0.15) is 6.42 Å². The van der Waals surface area contributed by atoms with Crippen LogP contribution in [0, 0.1) is 0 Å². The summed E-state index contributed by atoms with van der Waals surface area (Å²) in [5, 5.41) is 28.2. The van der Waals surface area contributed by atoms with Crippen LogP contribution in [-0.2, 0) is 19.0 Å². The van der Waals surface area contributed by atoms with Crippen LogP contribution in [0.25, 0.3) is 0 Å². The van der Waals surface area contributed by atoms with Gasteiger partial charge in [0.2, 0.25) is 0 Å². The molecule has 0 saturated carbocycles. The van der Waals surface area contributed by atoms with Crippen molar-refractivity contribution in [2.75, 3.05) is 20.8 Å². The first-order valence-electron chi connectivity index (χ1n) is 4.77. The molecular weight excluding hydrogens is 220 g/mol. The van der Waals surface area contributed by atoms with E-state index in [1.807, 2.05) is 0 Å². The lowest BCUT2D eigenvalue weighted by molar-refractivity contribution is -0.317. The van der Waals surface area contributed by atoms with E-state index in [1.54, 1.807) is 0 Å². The summed E-state index contributed by atoms with van der Waals surface area (Å²) in [6, 6.07) is 0. The number of hydrogen-bond donors (Lipinski definition) is 3. The van der Waals surface area contributed by atoms with Gasteiger partial charge in [0.05, 0.1) is 19.8 Å². The van der Waals surface area contributed by atoms with Gasteiger partial charge < -0.3 is 29.5 Å². The van der Waals surface area contributed by atoms with E-state index in [0.717, 1.165) is 7.11 Å². The van der Waals surface area contributed by atoms with Crippen molar-refractivity contribution in [1.29, 1.82) is 0 Å². The van der Waals surface area contributed by atoms with Gasteiger partial charge in [0.1, 0.15) is 6.10 Å². The average molecular weight is 236 g/mol. The smallest absolute Gasteiger partial charge is 0.337 e. The van der Waals surface area contributed by atoms with E-state index in [-0.39, 0.29) is 6.42 Å². The first-order chi connectivity index (χ1) is 7.49. The number of hydrogen-bond acceptors (Lipinski definition) is 7. The maximum absolute atomic E-state index is 11.3. The zero-order chi connectivity index (χ0) is 12.3. The van der Waals surface area contributed by atoms with Gasteiger partial charge in [0.25, 0.3) is 0 Å². The number of carbonyl (C=O) groups excluding carboxylic acids is 1. The molecule has 0 aromatic heterocycles. The third-order valence-corrected chi connectivity index (χ3v) is 2.61. The lowest BCUT2D eigenvalue weighted by atomic mass is 9.95. The quantitative estimate of drug-likeness (QED) is 0.487. The van der Waals surface area contributed by atoms with E-state index in [1.165, 1.54) is 7.11 Å². The minimum Gasteiger partial charge on any atom is -0.467 e. The largest absolute Gasteiger partial charge is 0.467 e. The molecule has 1 aliphatic heterocycles. The van der Waals surface area contributed by atoms with Crippen molar-refractivity contribution in [1.82, 2.24) is 0 Å². The number of carbonyl (C=O) groups is 1. The summed E-state index contributed by atoms with van der Waals surface area (Å²) in [5.41, 5.74) is 0. The fraction of sp³-hybridized carbons (Fsp3) is 0.889. The lowest BCUT2D eigenvalue weighted by Gasteiger charge is -2.42. The third kappa shape index (κ3) is 2.33. The van der Waals surface area contributed by atoms with Crippen molar-refractivity contribution in [3.63, 3.8) is 0 Å². The van der Waals surface area contributed by atoms with Crippen LogP contribution in [-0.4, -0.2) is 66.2 Å². The predicted octanol–water partition coefficient (Wildman–Crippen LogP) is -1.99. The van der Waals surface area contributed by atoms with Crippen molar-refractivity contribution in [2.24, 2.45) is 0 Å². The molecule has 94 valence electrons. The highest BCUT2D eigenvalue weighted by atomic mass is 16.7. The monoisotopic (exact) mass is 236 g/mol. The van der Waals surface area contributed by atoms with E-state index in [0.29, 0.717) is 0 Å². The highest BCUT2D eigenvalue weighted by molar-refractivity contribution is 5.75. The maximum Gasteiger partial charge on any atom is 0.337 e. The summed E-state index contributed by atoms with van der Waals surface area (Å²) in [6.45, 7) is -0.541. The molecule has 3 N–H and O–H groups in total. The van der Waals surface area contributed by atoms with E-state index in [9.17, 15) is 15.0 Å². The summed E-state index contributed by atoms with van der Waals surface area (Å²) in [4.78, 5) is 11.3. The Bertz CT molecular complexity index is 250. The SMILES string of the molecule is COC(=O)[C@H]1OC(CO)(OC)C[C@@H](O)[C@@H]1O. The number of aliphatic hydroxyl groups is 3. The van der Waals surface area contributed by atoms with Crippen LogP contribution in [0.4, 0.5) is 0 Å². The van der Waals surface area contributed by atoms with Crippen LogP contribution in [0.5, 0.6) is 0 Å². The van der Waals surface area contributed by atoms with Crippen molar-refractivity contribution in [3.8, 4) is 0 Å². The van der Waals surface area contributed by atoms with E-state index < -0.39 is 36.7 Å². The predicted molar refractivity (Wildman–Crippen MR) is 50.3 cm³/mol. The van der Waals surface area contributed by atoms with Crippen molar-refractivity contribution < 1.29 is 34.3 Å². The van der Waals surface area contributed by atoms with Crippen molar-refractivity contribution in [3.05, 3.63) is 0 Å². The molecule has 0 aromatic carbocycles. The molecule has 0 aromatic rings. The molecule has 0 aliphatic carbocycles. The maximum atomic E-state index is 11.3. The van der Waals surface area contributed by atoms with E-state index in [4.69, 9.17) is 14.6 Å². The highest BCUT2D eigenvalue weighted by Gasteiger charge is 2.49. The highest BCUT2D eigenvalue weighted by Crippen LogP contribution is 2.30. The topological polar surface area (TPSA) is 105 Å². The van der Waals surface area contributed by atoms with Gasteiger partial charge in [0, 0.05) is 13.5 Å². The minimum absolute atomic E-state index is 0.130. The lowest BCUT2D eigenvalue weighted by Crippen LogP contribution is -2.59. The van der Waals surface area contributed by atoms with Crippen molar-refractivity contribution >= 4 is 5.97 Å². The number of rotatable bonds is 3. The third-order valence-electron chi connectivity index (χ3n) is 2.61. The van der Waals surface area contributed by atoms with Crippen LogP contribution < -0.4 is 0 Å². The molecule has 1 saturated heterocycles. The molecule has 1 fully saturated rings. The number of aliphatic hydroxyl groups excluding tert-OH is 3. The Balaban J connectivity index is 2.88. The van der Waals surface area contributed by atoms with Crippen LogP contribution in [0.2, 0.25) is 0 Å². The molecule has 16 heavy (non-hydrogen) atoms. The van der Waals surface area contributed by atoms with Gasteiger partial charge in [-0.05, 0) is 0 Å². The standard InChI is InChI=1S/C9H16O7/c1-14-8(13)7-6(12)5(11)3-9(4-10,15-2)16-7/h5-7,10-12H,3-4H2,1-2H3/t5-,6+,7+,9?/m1/s1. The second-order valence-corrected chi connectivity index (χ2v) is 3.60. The van der Waals surface area contributed by atoms with Gasteiger partial charge in [-0.3, -0.25) is 0 Å². The van der Waals surface area contributed by atoms with Crippen LogP contribution in [0.15, 0.2) is 0 Å². The average Bonchev–Trinajstić information content (AvgIpc) is 2.31. The Morgan fingerprint density at radius 2 is 2.12 bits per heavy atom. The zero-order valence-electron chi connectivity index (χ0n) is 9.12. The summed E-state index contributed by atoms with van der Waals surface area (Å²) < 4.78 is 14.5. The summed E-state index contributed by atoms with van der Waals surface area (Å²) in [6.07, 6.45) is -4.14. The Hall–Kier alpha value is -0.730. The number of esters is 1. The zero-order valence-corrected chi connectivity index (χ0v) is 9.12. The molecule has 0 spiro atoms. The van der Waals surface area contributed by atoms with Gasteiger partial charge in [-0.25, -0.2) is 4.79 Å². The summed E-state index contributed by atoms with van der Waals surface area (Å²) >= 11 is 0. The Kier molecular flexibility index (Phi) is 4.22. The second-order valence-electron chi connectivity index (χ2n) is 3.60. The summed E-state index contributed by atoms with van der Waals surface area (Å²) in [7, 11) is 2.40. The molecule has 7 nitrogen and oxygen atoms in total. The molecule has 1 aliphatic rings. The van der Waals surface area contributed by atoms with E-state index >= 15 is 0 Å². The number of methoxy groups -OCH3 is 2. The normalized spacial score (nSPS) is 39.4. The Labute approximate surface area is 92.5 Å². The van der Waals surface area contributed by atoms with E-state index in [2.05, 4.69) is 4.74 Å². The molecule has 0 radical (unpaired) electrons. The molecule has 7 heteroatoms. The van der Waals surface area contributed by atoms with Gasteiger partial charge in [-0.15, -0.1) is 0 Å². The number of ether oxygens (including phenoxy) is 3. The molecule has 1 rings (SSSR count). The molecule has 1 unspecified atom stereocenters. The molecule has 1 heterocycles. The Morgan fingerprint density at radius 3 is 2.56 bits per heavy atom. The van der Waals surface area contributed by atoms with Gasteiger partial charge in [-0.2, -0.15) is 0 Å². The molecular formula is C9H16O7. The fourth-order valence-electron chi connectivity index (χ4n) is 1.59. The first kappa shape index (κ1) is 13.3. The Morgan fingerprint density at radius 1 is 1.50 bits per heavy atom. The molecule has 4 atom stereocenters. The fourth-order valence-corrected chi connectivity index (χ4v) is 1.59. The van der Waals surface area contributed by atoms with Gasteiger partial charge >= 0.3 is 5.97 Å². The molecule has 0 amide bonds. The summed E-state index contributed by atoms with van der Waals surface area (Å²) in [5.74, 6) is -2.32.